The van der Waals surface area contributed by atoms with Crippen LogP contribution in [0.5, 0.6) is 0 Å². The molecule has 1 saturated heterocycles. The molecule has 0 bridgehead atoms. The average molecular weight is 336 g/mol. The topological polar surface area (TPSA) is 75.4 Å². The van der Waals surface area contributed by atoms with Crippen LogP contribution in [0.25, 0.3) is 5.65 Å². The van der Waals surface area contributed by atoms with Gasteiger partial charge in [0.05, 0.1) is 24.4 Å². The number of anilines is 1. The first kappa shape index (κ1) is 15.6. The Balaban J connectivity index is 1.44. The van der Waals surface area contributed by atoms with Crippen LogP contribution in [0.2, 0.25) is 0 Å². The number of pyridine rings is 1. The van der Waals surface area contributed by atoms with Gasteiger partial charge in [0, 0.05) is 31.5 Å². The molecule has 0 aromatic carbocycles. The lowest BCUT2D eigenvalue weighted by Crippen LogP contribution is -2.43. The number of carbonyl (C=O) groups excluding carboxylic acids is 1. The lowest BCUT2D eigenvalue weighted by molar-refractivity contribution is -0.125. The number of aromatic nitrogens is 4. The minimum atomic E-state index is -0.0313. The van der Waals surface area contributed by atoms with Crippen LogP contribution in [0.4, 0.5) is 5.82 Å². The zero-order valence-electron chi connectivity index (χ0n) is 13.9. The van der Waals surface area contributed by atoms with Gasteiger partial charge in [-0.1, -0.05) is 6.07 Å². The first-order chi connectivity index (χ1) is 12.3. The normalized spacial score (nSPS) is 17.6. The molecule has 1 N–H and O–H groups in total. The third-order valence-electron chi connectivity index (χ3n) is 4.56. The van der Waals surface area contributed by atoms with E-state index in [1.807, 2.05) is 34.8 Å². The second kappa shape index (κ2) is 6.88. The molecule has 1 aliphatic rings. The average Bonchev–Trinajstić information content (AvgIpc) is 3.16. The van der Waals surface area contributed by atoms with Gasteiger partial charge in [0.15, 0.2) is 5.65 Å². The number of amides is 1. The van der Waals surface area contributed by atoms with E-state index >= 15 is 0 Å². The molecular weight excluding hydrogens is 316 g/mol. The molecule has 1 fully saturated rings. The minimum absolute atomic E-state index is 0.0313. The molecular formula is C18H20N6O. The predicted octanol–water partition coefficient (Wildman–Crippen LogP) is 1.66. The van der Waals surface area contributed by atoms with Crippen molar-refractivity contribution in [2.24, 2.45) is 5.92 Å². The largest absolute Gasteiger partial charge is 0.356 e. The number of hydrogen-bond donors (Lipinski definition) is 1. The predicted molar refractivity (Wildman–Crippen MR) is 94.0 cm³/mol. The molecule has 0 saturated carbocycles. The lowest BCUT2D eigenvalue weighted by atomic mass is 9.97. The third-order valence-corrected chi connectivity index (χ3v) is 4.56. The Bertz CT molecular complexity index is 862. The third kappa shape index (κ3) is 3.31. The summed E-state index contributed by atoms with van der Waals surface area (Å²) in [5.41, 5.74) is 1.69. The lowest BCUT2D eigenvalue weighted by Gasteiger charge is -2.33. The van der Waals surface area contributed by atoms with Gasteiger partial charge in [-0.2, -0.15) is 9.61 Å². The van der Waals surface area contributed by atoms with Gasteiger partial charge in [-0.3, -0.25) is 9.78 Å². The molecule has 4 rings (SSSR count). The number of nitrogens with zero attached hydrogens (tertiary/aromatic N) is 5. The minimum Gasteiger partial charge on any atom is -0.356 e. The van der Waals surface area contributed by atoms with Crippen molar-refractivity contribution in [3.05, 3.63) is 54.6 Å². The Kier molecular flexibility index (Phi) is 4.28. The van der Waals surface area contributed by atoms with Gasteiger partial charge in [0.25, 0.3) is 0 Å². The summed E-state index contributed by atoms with van der Waals surface area (Å²) in [6, 6.07) is 9.54. The summed E-state index contributed by atoms with van der Waals surface area (Å²) in [7, 11) is 0. The highest BCUT2D eigenvalue weighted by Gasteiger charge is 2.27. The second-order valence-corrected chi connectivity index (χ2v) is 6.23. The Morgan fingerprint density at radius 3 is 3.00 bits per heavy atom. The van der Waals surface area contributed by atoms with Gasteiger partial charge < -0.3 is 10.2 Å². The van der Waals surface area contributed by atoms with E-state index in [2.05, 4.69) is 25.3 Å². The van der Waals surface area contributed by atoms with E-state index in [-0.39, 0.29) is 11.8 Å². The molecule has 1 amide bonds. The first-order valence-corrected chi connectivity index (χ1v) is 8.52. The molecule has 3 aromatic heterocycles. The number of rotatable bonds is 4. The Morgan fingerprint density at radius 2 is 2.12 bits per heavy atom. The molecule has 7 heteroatoms. The summed E-state index contributed by atoms with van der Waals surface area (Å²) >= 11 is 0. The van der Waals surface area contributed by atoms with Crippen molar-refractivity contribution in [1.82, 2.24) is 24.9 Å². The molecule has 0 radical (unpaired) electrons. The molecule has 1 unspecified atom stereocenters. The van der Waals surface area contributed by atoms with Crippen LogP contribution in [0.3, 0.4) is 0 Å². The quantitative estimate of drug-likeness (QED) is 0.784. The molecule has 0 spiro atoms. The molecule has 25 heavy (non-hydrogen) atoms. The molecule has 7 nitrogen and oxygen atoms in total. The van der Waals surface area contributed by atoms with Crippen LogP contribution in [0, 0.1) is 5.92 Å². The van der Waals surface area contributed by atoms with E-state index in [0.717, 1.165) is 36.5 Å². The Hall–Kier alpha value is -2.96. The van der Waals surface area contributed by atoms with E-state index in [0.29, 0.717) is 13.1 Å². The van der Waals surface area contributed by atoms with E-state index < -0.39 is 0 Å². The van der Waals surface area contributed by atoms with Crippen molar-refractivity contribution in [3.63, 3.8) is 0 Å². The smallest absolute Gasteiger partial charge is 0.225 e. The number of nitrogens with one attached hydrogen (secondary N) is 1. The van der Waals surface area contributed by atoms with E-state index in [9.17, 15) is 4.79 Å². The summed E-state index contributed by atoms with van der Waals surface area (Å²) in [4.78, 5) is 23.3. The molecule has 0 aliphatic carbocycles. The number of hydrogen-bond acceptors (Lipinski definition) is 5. The van der Waals surface area contributed by atoms with Gasteiger partial charge in [-0.25, -0.2) is 4.98 Å². The summed E-state index contributed by atoms with van der Waals surface area (Å²) in [5.74, 6) is 1.04. The molecule has 3 aromatic rings. The molecule has 4 heterocycles. The first-order valence-electron chi connectivity index (χ1n) is 8.52. The number of carbonyl (C=O) groups is 1. The maximum Gasteiger partial charge on any atom is 0.225 e. The fourth-order valence-corrected chi connectivity index (χ4v) is 3.28. The standard InChI is InChI=1S/C18H20N6O/c25-18(21-12-15-5-1-2-8-19-15)14-4-3-11-23(13-14)17-7-9-20-16-6-10-22-24(16)17/h1-2,5-10,14H,3-4,11-13H2,(H,21,25). The zero-order chi connectivity index (χ0) is 17.1. The van der Waals surface area contributed by atoms with Crippen molar-refractivity contribution in [3.8, 4) is 0 Å². The number of fused-ring (bicyclic) bond motifs is 1. The maximum atomic E-state index is 12.6. The fraction of sp³-hybridized carbons (Fsp3) is 0.333. The van der Waals surface area contributed by atoms with Crippen LogP contribution in [0.15, 0.2) is 48.9 Å². The van der Waals surface area contributed by atoms with E-state index in [1.165, 1.54) is 0 Å². The van der Waals surface area contributed by atoms with Gasteiger partial charge in [0.2, 0.25) is 5.91 Å². The fourth-order valence-electron chi connectivity index (χ4n) is 3.28. The zero-order valence-corrected chi connectivity index (χ0v) is 13.9. The monoisotopic (exact) mass is 336 g/mol. The molecule has 1 atom stereocenters. The van der Waals surface area contributed by atoms with E-state index in [1.54, 1.807) is 18.6 Å². The molecule has 128 valence electrons. The summed E-state index contributed by atoms with van der Waals surface area (Å²) in [6.07, 6.45) is 7.15. The number of piperidine rings is 1. The van der Waals surface area contributed by atoms with Crippen LogP contribution in [0.1, 0.15) is 18.5 Å². The molecule has 1 aliphatic heterocycles. The van der Waals surface area contributed by atoms with Gasteiger partial charge in [-0.05, 0) is 31.0 Å². The van der Waals surface area contributed by atoms with Gasteiger partial charge >= 0.3 is 0 Å². The van der Waals surface area contributed by atoms with Crippen LogP contribution in [-0.2, 0) is 11.3 Å². The van der Waals surface area contributed by atoms with Crippen molar-refractivity contribution >= 4 is 17.4 Å². The second-order valence-electron chi connectivity index (χ2n) is 6.23. The summed E-state index contributed by atoms with van der Waals surface area (Å²) in [6.45, 7) is 2.07. The van der Waals surface area contributed by atoms with Crippen LogP contribution in [-0.4, -0.2) is 38.6 Å². The van der Waals surface area contributed by atoms with Crippen LogP contribution < -0.4 is 10.2 Å². The van der Waals surface area contributed by atoms with Crippen molar-refractivity contribution < 1.29 is 4.79 Å². The maximum absolute atomic E-state index is 12.6. The van der Waals surface area contributed by atoms with Crippen molar-refractivity contribution in [2.45, 2.75) is 19.4 Å². The summed E-state index contributed by atoms with van der Waals surface area (Å²) in [5, 5.41) is 7.35. The highest BCUT2D eigenvalue weighted by atomic mass is 16.1. The van der Waals surface area contributed by atoms with Crippen LogP contribution >= 0.6 is 0 Å². The Morgan fingerprint density at radius 1 is 1.16 bits per heavy atom. The van der Waals surface area contributed by atoms with Gasteiger partial charge in [-0.15, -0.1) is 0 Å². The van der Waals surface area contributed by atoms with Crippen molar-refractivity contribution in [1.29, 1.82) is 0 Å². The Labute approximate surface area is 145 Å². The highest BCUT2D eigenvalue weighted by molar-refractivity contribution is 5.79. The SMILES string of the molecule is O=C(NCc1ccccn1)C1CCCN(c2ccnc3ccnn23)C1. The summed E-state index contributed by atoms with van der Waals surface area (Å²) < 4.78 is 1.83. The van der Waals surface area contributed by atoms with E-state index in [4.69, 9.17) is 0 Å². The van der Waals surface area contributed by atoms with Gasteiger partial charge in [0.1, 0.15) is 5.82 Å². The highest BCUT2D eigenvalue weighted by Crippen LogP contribution is 2.23. The van der Waals surface area contributed by atoms with Crippen molar-refractivity contribution in [2.75, 3.05) is 18.0 Å².